The lowest BCUT2D eigenvalue weighted by atomic mass is 9.91. The zero-order valence-electron chi connectivity index (χ0n) is 12.2. The van der Waals surface area contributed by atoms with Crippen LogP contribution < -0.4 is 5.32 Å². The topological polar surface area (TPSA) is 25.2 Å². The number of aryl methyl sites for hydroxylation is 1. The van der Waals surface area contributed by atoms with Crippen molar-refractivity contribution in [2.45, 2.75) is 51.2 Å². The summed E-state index contributed by atoms with van der Waals surface area (Å²) in [4.78, 5) is 0. The van der Waals surface area contributed by atoms with Crippen LogP contribution >= 0.6 is 0 Å². The summed E-state index contributed by atoms with van der Waals surface area (Å²) in [7, 11) is 0. The summed E-state index contributed by atoms with van der Waals surface area (Å²) in [6.45, 7) is 4.63. The molecule has 3 heteroatoms. The van der Waals surface area contributed by atoms with E-state index in [1.54, 1.807) is 6.92 Å². The van der Waals surface area contributed by atoms with Gasteiger partial charge in [-0.05, 0) is 44.9 Å². The van der Waals surface area contributed by atoms with Crippen molar-refractivity contribution in [2.75, 3.05) is 6.54 Å². The minimum atomic E-state index is -1.42. The molecule has 1 aromatic heterocycles. The Hall–Kier alpha value is -1.35. The molecular formula is C17H22FNO. The van der Waals surface area contributed by atoms with E-state index in [0.717, 1.165) is 29.5 Å². The van der Waals surface area contributed by atoms with E-state index in [1.165, 1.54) is 12.8 Å². The van der Waals surface area contributed by atoms with Crippen LogP contribution in [0.1, 0.15) is 43.9 Å². The fraction of sp³-hybridized carbons (Fsp3) is 0.529. The maximum atomic E-state index is 15.0. The number of para-hydroxylation sites is 1. The molecule has 2 unspecified atom stereocenters. The number of hydrogen-bond acceptors (Lipinski definition) is 2. The van der Waals surface area contributed by atoms with Crippen molar-refractivity contribution in [3.63, 3.8) is 0 Å². The molecule has 0 amide bonds. The second-order valence-corrected chi connectivity index (χ2v) is 6.15. The van der Waals surface area contributed by atoms with E-state index in [0.29, 0.717) is 12.2 Å². The number of furan rings is 1. The summed E-state index contributed by atoms with van der Waals surface area (Å²) in [5, 5.41) is 4.39. The third-order valence-corrected chi connectivity index (χ3v) is 4.30. The molecule has 1 aliphatic rings. The first kappa shape index (κ1) is 13.6. The molecule has 2 atom stereocenters. The SMILES string of the molecule is Cc1cccc2cc(C(C)(F)CC3CCCCN3)oc12. The second kappa shape index (κ2) is 5.21. The molecule has 108 valence electrons. The first-order chi connectivity index (χ1) is 9.56. The molecule has 3 rings (SSSR count). The molecule has 20 heavy (non-hydrogen) atoms. The Balaban J connectivity index is 1.86. The van der Waals surface area contributed by atoms with Crippen molar-refractivity contribution in [3.05, 3.63) is 35.6 Å². The van der Waals surface area contributed by atoms with Crippen molar-refractivity contribution >= 4 is 11.0 Å². The number of nitrogens with one attached hydrogen (secondary N) is 1. The predicted molar refractivity (Wildman–Crippen MR) is 79.7 cm³/mol. The molecule has 2 nitrogen and oxygen atoms in total. The molecule has 1 aromatic carbocycles. The fourth-order valence-electron chi connectivity index (χ4n) is 3.13. The number of piperidine rings is 1. The number of alkyl halides is 1. The molecule has 1 saturated heterocycles. The van der Waals surface area contributed by atoms with E-state index in [9.17, 15) is 0 Å². The summed E-state index contributed by atoms with van der Waals surface area (Å²) in [6, 6.07) is 8.06. The smallest absolute Gasteiger partial charge is 0.166 e. The molecule has 2 heterocycles. The van der Waals surface area contributed by atoms with Crippen LogP contribution in [0.2, 0.25) is 0 Å². The van der Waals surface area contributed by atoms with Gasteiger partial charge in [0, 0.05) is 17.8 Å². The number of hydrogen-bond donors (Lipinski definition) is 1. The van der Waals surface area contributed by atoms with Crippen molar-refractivity contribution in [3.8, 4) is 0 Å². The highest BCUT2D eigenvalue weighted by atomic mass is 19.1. The zero-order valence-corrected chi connectivity index (χ0v) is 12.2. The van der Waals surface area contributed by atoms with E-state index in [2.05, 4.69) is 5.32 Å². The molecule has 0 radical (unpaired) electrons. The van der Waals surface area contributed by atoms with Gasteiger partial charge in [0.2, 0.25) is 0 Å². The normalized spacial score (nSPS) is 22.9. The van der Waals surface area contributed by atoms with Gasteiger partial charge in [0.15, 0.2) is 5.67 Å². The standard InChI is InChI=1S/C17H22FNO/c1-12-6-5-7-13-10-15(20-16(12)13)17(2,18)11-14-8-3-4-9-19-14/h5-7,10,14,19H,3-4,8-9,11H2,1-2H3. The van der Waals surface area contributed by atoms with Crippen LogP contribution in [0.25, 0.3) is 11.0 Å². The van der Waals surface area contributed by atoms with Crippen LogP contribution in [-0.4, -0.2) is 12.6 Å². The van der Waals surface area contributed by atoms with Gasteiger partial charge in [-0.2, -0.15) is 0 Å². The molecule has 2 aromatic rings. The van der Waals surface area contributed by atoms with Gasteiger partial charge in [0.1, 0.15) is 11.3 Å². The van der Waals surface area contributed by atoms with E-state index in [-0.39, 0.29) is 6.04 Å². The fourth-order valence-corrected chi connectivity index (χ4v) is 3.13. The Morgan fingerprint density at radius 3 is 2.95 bits per heavy atom. The number of halogens is 1. The minimum Gasteiger partial charge on any atom is -0.457 e. The number of fused-ring (bicyclic) bond motifs is 1. The Morgan fingerprint density at radius 2 is 2.25 bits per heavy atom. The molecule has 0 bridgehead atoms. The highest BCUT2D eigenvalue weighted by Gasteiger charge is 2.33. The summed E-state index contributed by atoms with van der Waals surface area (Å²) in [5.41, 5.74) is 0.448. The van der Waals surface area contributed by atoms with Crippen molar-refractivity contribution in [2.24, 2.45) is 0 Å². The Labute approximate surface area is 119 Å². The molecule has 0 aliphatic carbocycles. The van der Waals surface area contributed by atoms with Crippen LogP contribution in [0.5, 0.6) is 0 Å². The summed E-state index contributed by atoms with van der Waals surface area (Å²) < 4.78 is 20.8. The van der Waals surface area contributed by atoms with E-state index in [1.807, 2.05) is 31.2 Å². The third kappa shape index (κ3) is 2.59. The van der Waals surface area contributed by atoms with Gasteiger partial charge in [0.25, 0.3) is 0 Å². The number of rotatable bonds is 3. The second-order valence-electron chi connectivity index (χ2n) is 6.15. The first-order valence-electron chi connectivity index (χ1n) is 7.48. The molecule has 1 aliphatic heterocycles. The molecule has 1 fully saturated rings. The van der Waals surface area contributed by atoms with Crippen molar-refractivity contribution in [1.82, 2.24) is 5.32 Å². The molecule has 0 saturated carbocycles. The lowest BCUT2D eigenvalue weighted by Gasteiger charge is -2.28. The maximum absolute atomic E-state index is 15.0. The average molecular weight is 275 g/mol. The Morgan fingerprint density at radius 1 is 1.40 bits per heavy atom. The van der Waals surface area contributed by atoms with Crippen LogP contribution in [0, 0.1) is 6.92 Å². The number of benzene rings is 1. The van der Waals surface area contributed by atoms with Crippen LogP contribution in [-0.2, 0) is 5.67 Å². The lowest BCUT2D eigenvalue weighted by molar-refractivity contribution is 0.119. The minimum absolute atomic E-state index is 0.257. The van der Waals surface area contributed by atoms with Crippen molar-refractivity contribution in [1.29, 1.82) is 0 Å². The summed E-state index contributed by atoms with van der Waals surface area (Å²) in [5.74, 6) is 0.453. The van der Waals surface area contributed by atoms with Crippen LogP contribution in [0.3, 0.4) is 0 Å². The Bertz CT molecular complexity index is 596. The largest absolute Gasteiger partial charge is 0.457 e. The monoisotopic (exact) mass is 275 g/mol. The van der Waals surface area contributed by atoms with Gasteiger partial charge in [-0.15, -0.1) is 0 Å². The average Bonchev–Trinajstić information content (AvgIpc) is 2.86. The predicted octanol–water partition coefficient (Wildman–Crippen LogP) is 4.46. The van der Waals surface area contributed by atoms with Gasteiger partial charge < -0.3 is 9.73 Å². The molecule has 0 spiro atoms. The zero-order chi connectivity index (χ0) is 14.2. The van der Waals surface area contributed by atoms with Gasteiger partial charge in [-0.1, -0.05) is 24.6 Å². The quantitative estimate of drug-likeness (QED) is 0.894. The van der Waals surface area contributed by atoms with Gasteiger partial charge in [-0.25, -0.2) is 4.39 Å². The summed E-state index contributed by atoms with van der Waals surface area (Å²) in [6.07, 6.45) is 3.92. The van der Waals surface area contributed by atoms with Crippen LogP contribution in [0.4, 0.5) is 4.39 Å². The summed E-state index contributed by atoms with van der Waals surface area (Å²) >= 11 is 0. The van der Waals surface area contributed by atoms with Gasteiger partial charge in [-0.3, -0.25) is 0 Å². The van der Waals surface area contributed by atoms with E-state index >= 15 is 4.39 Å². The van der Waals surface area contributed by atoms with E-state index in [4.69, 9.17) is 4.42 Å². The third-order valence-electron chi connectivity index (χ3n) is 4.30. The van der Waals surface area contributed by atoms with Crippen LogP contribution in [0.15, 0.2) is 28.7 Å². The highest BCUT2D eigenvalue weighted by Crippen LogP contribution is 2.36. The molecule has 1 N–H and O–H groups in total. The first-order valence-corrected chi connectivity index (χ1v) is 7.48. The molecular weight excluding hydrogens is 253 g/mol. The van der Waals surface area contributed by atoms with Gasteiger partial charge in [0.05, 0.1) is 0 Å². The highest BCUT2D eigenvalue weighted by molar-refractivity contribution is 5.81. The van der Waals surface area contributed by atoms with Gasteiger partial charge >= 0.3 is 0 Å². The lowest BCUT2D eigenvalue weighted by Crippen LogP contribution is -2.38. The van der Waals surface area contributed by atoms with E-state index < -0.39 is 5.67 Å². The van der Waals surface area contributed by atoms with Crippen molar-refractivity contribution < 1.29 is 8.81 Å². The maximum Gasteiger partial charge on any atom is 0.166 e. The Kier molecular flexibility index (Phi) is 3.55.